The minimum Gasteiger partial charge on any atom is -0.327 e. The molecule has 4 rings (SSSR count). The summed E-state index contributed by atoms with van der Waals surface area (Å²) in [6, 6.07) is 9.61. The topological polar surface area (TPSA) is 94.7 Å². The van der Waals surface area contributed by atoms with E-state index in [1.54, 1.807) is 37.6 Å². The van der Waals surface area contributed by atoms with Gasteiger partial charge in [-0.05, 0) is 44.2 Å². The highest BCUT2D eigenvalue weighted by atomic mass is 19.1. The van der Waals surface area contributed by atoms with Gasteiger partial charge in [0, 0.05) is 49.0 Å². The minimum atomic E-state index is -0.611. The van der Waals surface area contributed by atoms with E-state index in [4.69, 9.17) is 0 Å². The third-order valence-corrected chi connectivity index (χ3v) is 4.93. The molecule has 8 nitrogen and oxygen atoms in total. The van der Waals surface area contributed by atoms with E-state index in [0.717, 1.165) is 0 Å². The quantitative estimate of drug-likeness (QED) is 0.486. The van der Waals surface area contributed by atoms with Gasteiger partial charge in [0.15, 0.2) is 5.82 Å². The highest BCUT2D eigenvalue weighted by Gasteiger charge is 2.16. The number of aromatic nitrogens is 5. The third-order valence-electron chi connectivity index (χ3n) is 4.93. The Balaban J connectivity index is 1.65. The first-order valence-corrected chi connectivity index (χ1v) is 9.97. The number of rotatable bonds is 5. The normalized spacial score (nSPS) is 11.0. The monoisotopic (exact) mass is 432 g/mol. The molecular formula is C23H21FN6O2. The molecule has 9 heteroatoms. The van der Waals surface area contributed by atoms with E-state index in [9.17, 15) is 14.0 Å². The zero-order valence-electron chi connectivity index (χ0n) is 17.8. The number of hydrogen-bond donors (Lipinski definition) is 1. The van der Waals surface area contributed by atoms with Crippen LogP contribution in [0.1, 0.15) is 30.2 Å². The van der Waals surface area contributed by atoms with Gasteiger partial charge in [0.1, 0.15) is 17.1 Å². The van der Waals surface area contributed by atoms with E-state index in [1.807, 2.05) is 24.6 Å². The van der Waals surface area contributed by atoms with Gasteiger partial charge in [0.05, 0.1) is 0 Å². The molecule has 162 valence electrons. The van der Waals surface area contributed by atoms with Crippen molar-refractivity contribution in [2.45, 2.75) is 19.9 Å². The third kappa shape index (κ3) is 4.18. The Bertz CT molecular complexity index is 1340. The van der Waals surface area contributed by atoms with Gasteiger partial charge in [-0.1, -0.05) is 6.07 Å². The second kappa shape index (κ2) is 8.54. The van der Waals surface area contributed by atoms with Crippen LogP contribution in [-0.2, 0) is 7.05 Å². The fraction of sp³-hybridized carbons (Fsp3) is 0.174. The van der Waals surface area contributed by atoms with E-state index >= 15 is 0 Å². The maximum atomic E-state index is 13.2. The van der Waals surface area contributed by atoms with Gasteiger partial charge >= 0.3 is 0 Å². The average molecular weight is 432 g/mol. The van der Waals surface area contributed by atoms with Crippen molar-refractivity contribution < 1.29 is 9.18 Å². The smallest absolute Gasteiger partial charge is 0.263 e. The fourth-order valence-corrected chi connectivity index (χ4v) is 3.32. The fourth-order valence-electron chi connectivity index (χ4n) is 3.32. The Morgan fingerprint density at radius 3 is 2.66 bits per heavy atom. The van der Waals surface area contributed by atoms with Gasteiger partial charge in [-0.2, -0.15) is 4.39 Å². The molecule has 0 radical (unpaired) electrons. The number of imidazole rings is 1. The second-order valence-corrected chi connectivity index (χ2v) is 7.54. The van der Waals surface area contributed by atoms with Crippen molar-refractivity contribution in [1.82, 2.24) is 24.1 Å². The molecule has 32 heavy (non-hydrogen) atoms. The molecule has 4 aromatic heterocycles. The molecule has 4 heterocycles. The van der Waals surface area contributed by atoms with Crippen LogP contribution >= 0.6 is 0 Å². The average Bonchev–Trinajstić information content (AvgIpc) is 3.27. The zero-order chi connectivity index (χ0) is 22.8. The minimum absolute atomic E-state index is 0.0646. The maximum absolute atomic E-state index is 13.2. The molecule has 1 amide bonds. The van der Waals surface area contributed by atoms with Crippen LogP contribution in [-0.4, -0.2) is 30.0 Å². The number of halogens is 1. The Hall–Kier alpha value is -4.14. The van der Waals surface area contributed by atoms with Crippen LogP contribution < -0.4 is 10.9 Å². The summed E-state index contributed by atoms with van der Waals surface area (Å²) < 4.78 is 16.4. The lowest BCUT2D eigenvalue weighted by molar-refractivity contribution is 0.102. The number of amides is 1. The van der Waals surface area contributed by atoms with Gasteiger partial charge < -0.3 is 14.5 Å². The summed E-state index contributed by atoms with van der Waals surface area (Å²) in [6.07, 6.45) is 6.48. The summed E-state index contributed by atoms with van der Waals surface area (Å²) in [5, 5.41) is 2.69. The first-order valence-electron chi connectivity index (χ1n) is 9.97. The molecule has 0 aliphatic carbocycles. The lowest BCUT2D eigenvalue weighted by Gasteiger charge is -2.12. The Kier molecular flexibility index (Phi) is 5.63. The molecule has 0 bridgehead atoms. The standard InChI is InChI=1S/C23H21FN6O2/c1-14(2)30-10-9-25-21(30)18-5-4-6-20(27-18)28-22(31)17-11-16(13-29(3)23(17)32)15-7-8-19(24)26-12-15/h4-14H,1-3H3,(H,27,28,31). The molecule has 0 fully saturated rings. The second-order valence-electron chi connectivity index (χ2n) is 7.54. The molecule has 0 atom stereocenters. The van der Waals surface area contributed by atoms with Gasteiger partial charge in [-0.25, -0.2) is 15.0 Å². The Morgan fingerprint density at radius 2 is 1.94 bits per heavy atom. The van der Waals surface area contributed by atoms with Crippen molar-refractivity contribution in [1.29, 1.82) is 0 Å². The number of carbonyl (C=O) groups excluding carboxylic acids is 1. The van der Waals surface area contributed by atoms with Gasteiger partial charge in [0.25, 0.3) is 11.5 Å². The van der Waals surface area contributed by atoms with E-state index in [-0.39, 0.29) is 11.6 Å². The number of aryl methyl sites for hydroxylation is 1. The van der Waals surface area contributed by atoms with Crippen LogP contribution in [0.4, 0.5) is 10.2 Å². The summed E-state index contributed by atoms with van der Waals surface area (Å²) in [4.78, 5) is 38.0. The van der Waals surface area contributed by atoms with Gasteiger partial charge in [-0.3, -0.25) is 9.59 Å². The van der Waals surface area contributed by atoms with Crippen molar-refractivity contribution in [2.24, 2.45) is 7.05 Å². The predicted molar refractivity (Wildman–Crippen MR) is 119 cm³/mol. The predicted octanol–water partition coefficient (Wildman–Crippen LogP) is 3.68. The summed E-state index contributed by atoms with van der Waals surface area (Å²) in [5.74, 6) is -0.237. The van der Waals surface area contributed by atoms with E-state index in [0.29, 0.717) is 28.5 Å². The largest absolute Gasteiger partial charge is 0.327 e. The number of nitrogens with one attached hydrogen (secondary N) is 1. The number of carbonyl (C=O) groups is 1. The van der Waals surface area contributed by atoms with Crippen molar-refractivity contribution in [3.05, 3.63) is 83.1 Å². The van der Waals surface area contributed by atoms with Crippen molar-refractivity contribution in [2.75, 3.05) is 5.32 Å². The van der Waals surface area contributed by atoms with Gasteiger partial charge in [-0.15, -0.1) is 0 Å². The zero-order valence-corrected chi connectivity index (χ0v) is 17.8. The molecular weight excluding hydrogens is 411 g/mol. The van der Waals surface area contributed by atoms with Crippen LogP contribution in [0, 0.1) is 5.95 Å². The Morgan fingerprint density at radius 1 is 1.12 bits per heavy atom. The number of anilines is 1. The van der Waals surface area contributed by atoms with Gasteiger partial charge in [0.2, 0.25) is 5.95 Å². The van der Waals surface area contributed by atoms with E-state index in [1.165, 1.54) is 29.0 Å². The first-order chi connectivity index (χ1) is 15.3. The molecule has 0 aliphatic rings. The lowest BCUT2D eigenvalue weighted by Crippen LogP contribution is -2.27. The molecule has 1 N–H and O–H groups in total. The molecule has 0 saturated heterocycles. The summed E-state index contributed by atoms with van der Waals surface area (Å²) in [6.45, 7) is 4.08. The molecule has 4 aromatic rings. The first kappa shape index (κ1) is 21.1. The van der Waals surface area contributed by atoms with Crippen LogP contribution in [0.3, 0.4) is 0 Å². The SMILES string of the molecule is CC(C)n1ccnc1-c1cccc(NC(=O)c2cc(-c3ccc(F)nc3)cn(C)c2=O)n1. The molecule has 0 aromatic carbocycles. The van der Waals surface area contributed by atoms with E-state index < -0.39 is 17.4 Å². The molecule has 0 unspecified atom stereocenters. The van der Waals surface area contributed by atoms with Crippen molar-refractivity contribution in [3.63, 3.8) is 0 Å². The van der Waals surface area contributed by atoms with Crippen molar-refractivity contribution in [3.8, 4) is 22.6 Å². The van der Waals surface area contributed by atoms with E-state index in [2.05, 4.69) is 20.3 Å². The summed E-state index contributed by atoms with van der Waals surface area (Å²) in [5.41, 5.74) is 1.21. The molecule has 0 saturated carbocycles. The summed E-state index contributed by atoms with van der Waals surface area (Å²) in [7, 11) is 1.55. The number of pyridine rings is 3. The number of hydrogen-bond acceptors (Lipinski definition) is 5. The van der Waals surface area contributed by atoms with Crippen molar-refractivity contribution >= 4 is 11.7 Å². The summed E-state index contributed by atoms with van der Waals surface area (Å²) >= 11 is 0. The molecule has 0 aliphatic heterocycles. The van der Waals surface area contributed by atoms with Crippen LogP contribution in [0.25, 0.3) is 22.6 Å². The number of nitrogens with zero attached hydrogens (tertiary/aromatic N) is 5. The molecule has 0 spiro atoms. The highest BCUT2D eigenvalue weighted by molar-refractivity contribution is 6.04. The highest BCUT2D eigenvalue weighted by Crippen LogP contribution is 2.22. The lowest BCUT2D eigenvalue weighted by atomic mass is 10.1. The van der Waals surface area contributed by atoms with Crippen LogP contribution in [0.5, 0.6) is 0 Å². The maximum Gasteiger partial charge on any atom is 0.263 e. The van der Waals surface area contributed by atoms with Crippen LogP contribution in [0.2, 0.25) is 0 Å². The van der Waals surface area contributed by atoms with Crippen LogP contribution in [0.15, 0.2) is 66.0 Å². The Labute approximate surface area is 183 Å².